The Morgan fingerprint density at radius 2 is 1.82 bits per heavy atom. The summed E-state index contributed by atoms with van der Waals surface area (Å²) in [5, 5.41) is 3.29. The number of amides is 2. The van der Waals surface area contributed by atoms with Crippen molar-refractivity contribution in [2.75, 3.05) is 37.7 Å². The first-order chi connectivity index (χ1) is 18.6. The highest BCUT2D eigenvalue weighted by molar-refractivity contribution is 6.38. The van der Waals surface area contributed by atoms with Crippen LogP contribution in [0.25, 0.3) is 16.5 Å². The third-order valence-corrected chi connectivity index (χ3v) is 7.58. The smallest absolute Gasteiger partial charge is 0.261 e. The summed E-state index contributed by atoms with van der Waals surface area (Å²) < 4.78 is 11.2. The Labute approximate surface area is 230 Å². The third kappa shape index (κ3) is 4.10. The van der Waals surface area contributed by atoms with Gasteiger partial charge in [-0.2, -0.15) is 0 Å². The molecule has 4 aliphatic heterocycles. The molecule has 39 heavy (non-hydrogen) atoms. The van der Waals surface area contributed by atoms with Crippen molar-refractivity contribution in [3.8, 4) is 0 Å². The second-order valence-electron chi connectivity index (χ2n) is 9.77. The normalized spacial score (nSPS) is 20.6. The number of hydrogen-bond donors (Lipinski definition) is 1. The summed E-state index contributed by atoms with van der Waals surface area (Å²) in [6.45, 7) is 2.87. The fraction of sp³-hybridized carbons (Fsp3) is 0.241. The van der Waals surface area contributed by atoms with Gasteiger partial charge in [0, 0.05) is 42.2 Å². The van der Waals surface area contributed by atoms with Crippen LogP contribution >= 0.6 is 12.4 Å². The fourth-order valence-electron chi connectivity index (χ4n) is 5.84. The van der Waals surface area contributed by atoms with Crippen molar-refractivity contribution in [2.45, 2.75) is 12.5 Å². The molecular formula is C29H25ClN4O5. The monoisotopic (exact) mass is 544 g/mol. The number of nitrogens with one attached hydrogen (secondary N) is 1. The van der Waals surface area contributed by atoms with Crippen molar-refractivity contribution in [3.05, 3.63) is 82.9 Å². The Kier molecular flexibility index (Phi) is 6.42. The van der Waals surface area contributed by atoms with Gasteiger partial charge < -0.3 is 14.1 Å². The minimum atomic E-state index is -0.543. The molecule has 9 nitrogen and oxygen atoms in total. The van der Waals surface area contributed by atoms with Crippen LogP contribution in [0.5, 0.6) is 0 Å². The third-order valence-electron chi connectivity index (χ3n) is 7.58. The van der Waals surface area contributed by atoms with E-state index in [1.807, 2.05) is 41.3 Å². The number of anilines is 1. The maximum Gasteiger partial charge on any atom is 0.261 e. The highest BCUT2D eigenvalue weighted by Gasteiger charge is 2.44. The number of ether oxygens (including phenoxy) is 1. The van der Waals surface area contributed by atoms with Gasteiger partial charge in [0.2, 0.25) is 0 Å². The number of morpholine rings is 1. The van der Waals surface area contributed by atoms with E-state index in [-0.39, 0.29) is 35.9 Å². The first-order valence-corrected chi connectivity index (χ1v) is 12.6. The number of para-hydroxylation sites is 2. The number of Topliss-reactive ketones (excluding diaryl/α,β-unsaturated/α-hetero) is 1. The number of ketones is 1. The van der Waals surface area contributed by atoms with Crippen LogP contribution in [0.3, 0.4) is 0 Å². The Balaban J connectivity index is 0.00000277. The highest BCUT2D eigenvalue weighted by Crippen LogP contribution is 2.44. The van der Waals surface area contributed by atoms with Gasteiger partial charge in [-0.05, 0) is 11.6 Å². The topological polar surface area (TPSA) is 104 Å². The number of furan rings is 1. The summed E-state index contributed by atoms with van der Waals surface area (Å²) in [6.07, 6.45) is 5.38. The quantitative estimate of drug-likeness (QED) is 0.492. The summed E-state index contributed by atoms with van der Waals surface area (Å²) in [4.78, 5) is 48.9. The van der Waals surface area contributed by atoms with Crippen molar-refractivity contribution < 1.29 is 23.5 Å². The van der Waals surface area contributed by atoms with Gasteiger partial charge >= 0.3 is 0 Å². The molecule has 198 valence electrons. The standard InChI is InChI=1S/C29H24N4O5.ClH/c34-23(16-32-8-11-37-12-9-32)21-13-18-4-1-5-19-14-30-15-22(33(21)26(18)19)25-24(28(35)31-29(25)36)20-6-2-3-17-7-10-38-27(17)20;/h1-7,10,14-15,21H,8-9,11-13,16H2,(H,31,35,36);1H. The average molecular weight is 545 g/mol. The number of halogens is 1. The molecule has 5 heterocycles. The molecule has 0 saturated carbocycles. The number of benzene rings is 2. The lowest BCUT2D eigenvalue weighted by Gasteiger charge is -2.32. The molecule has 2 amide bonds. The van der Waals surface area contributed by atoms with Gasteiger partial charge in [0.25, 0.3) is 11.8 Å². The maximum atomic E-state index is 13.8. The Morgan fingerprint density at radius 3 is 2.67 bits per heavy atom. The first kappa shape index (κ1) is 25.2. The molecule has 0 aliphatic carbocycles. The first-order valence-electron chi connectivity index (χ1n) is 12.6. The number of aliphatic imine (C=N–C) groups is 1. The minimum Gasteiger partial charge on any atom is -0.464 e. The van der Waals surface area contributed by atoms with Crippen molar-refractivity contribution in [2.24, 2.45) is 4.99 Å². The van der Waals surface area contributed by atoms with Crippen molar-refractivity contribution in [3.63, 3.8) is 0 Å². The van der Waals surface area contributed by atoms with E-state index in [1.165, 1.54) is 0 Å². The molecule has 1 N–H and O–H groups in total. The number of hydrogen-bond acceptors (Lipinski definition) is 8. The SMILES string of the molecule is Cl.O=C1NC(=O)C(c2cccc3ccoc23)=C1C1=CN=Cc2cccc3c2N1C(C(=O)CN1CCOCC1)C3. The number of fused-ring (bicyclic) bond motifs is 1. The van der Waals surface area contributed by atoms with Crippen LogP contribution in [0.15, 0.2) is 75.6 Å². The molecular weight excluding hydrogens is 520 g/mol. The number of carbonyl (C=O) groups excluding carboxylic acids is 3. The molecule has 7 rings (SSSR count). The molecule has 1 saturated heterocycles. The summed E-state index contributed by atoms with van der Waals surface area (Å²) in [7, 11) is 0. The average Bonchev–Trinajstić information content (AvgIpc) is 3.59. The van der Waals surface area contributed by atoms with Crippen LogP contribution in [-0.2, 0) is 25.5 Å². The Bertz CT molecular complexity index is 1610. The summed E-state index contributed by atoms with van der Waals surface area (Å²) in [5.74, 6) is -0.990. The molecule has 1 unspecified atom stereocenters. The van der Waals surface area contributed by atoms with E-state index in [9.17, 15) is 14.4 Å². The van der Waals surface area contributed by atoms with E-state index >= 15 is 0 Å². The second-order valence-corrected chi connectivity index (χ2v) is 9.77. The molecule has 2 aromatic carbocycles. The van der Waals surface area contributed by atoms with E-state index in [0.29, 0.717) is 49.6 Å². The number of nitrogens with zero attached hydrogens (tertiary/aromatic N) is 3. The maximum absolute atomic E-state index is 13.8. The van der Waals surface area contributed by atoms with Gasteiger partial charge in [0.15, 0.2) is 5.78 Å². The fourth-order valence-corrected chi connectivity index (χ4v) is 5.84. The minimum absolute atomic E-state index is 0. The summed E-state index contributed by atoms with van der Waals surface area (Å²) in [5.41, 5.74) is 4.56. The predicted octanol–water partition coefficient (Wildman–Crippen LogP) is 2.87. The van der Waals surface area contributed by atoms with Gasteiger partial charge in [-0.3, -0.25) is 29.6 Å². The van der Waals surface area contributed by atoms with E-state index < -0.39 is 17.9 Å². The number of carbonyl (C=O) groups is 3. The molecule has 4 aliphatic rings. The second kappa shape index (κ2) is 9.92. The summed E-state index contributed by atoms with van der Waals surface area (Å²) in [6, 6.07) is 12.6. The van der Waals surface area contributed by atoms with Crippen molar-refractivity contribution in [1.29, 1.82) is 0 Å². The number of imide groups is 1. The van der Waals surface area contributed by atoms with Crippen LogP contribution in [0.2, 0.25) is 0 Å². The number of rotatable bonds is 5. The van der Waals surface area contributed by atoms with E-state index in [4.69, 9.17) is 9.15 Å². The van der Waals surface area contributed by atoms with Gasteiger partial charge in [-0.1, -0.05) is 36.4 Å². The molecule has 3 aromatic rings. The molecule has 0 spiro atoms. The van der Waals surface area contributed by atoms with Crippen LogP contribution in [-0.4, -0.2) is 67.6 Å². The van der Waals surface area contributed by atoms with Gasteiger partial charge in [0.1, 0.15) is 5.58 Å². The van der Waals surface area contributed by atoms with E-state index in [0.717, 1.165) is 22.2 Å². The lowest BCUT2D eigenvalue weighted by atomic mass is 9.97. The zero-order chi connectivity index (χ0) is 25.8. The van der Waals surface area contributed by atoms with Crippen LogP contribution in [0.1, 0.15) is 16.7 Å². The molecule has 10 heteroatoms. The summed E-state index contributed by atoms with van der Waals surface area (Å²) >= 11 is 0. The molecule has 0 bridgehead atoms. The van der Waals surface area contributed by atoms with Gasteiger partial charge in [-0.15, -0.1) is 12.4 Å². The van der Waals surface area contributed by atoms with E-state index in [1.54, 1.807) is 24.7 Å². The molecule has 1 aromatic heterocycles. The molecule has 1 atom stereocenters. The van der Waals surface area contributed by atoms with Gasteiger partial charge in [-0.25, -0.2) is 0 Å². The Hall–Kier alpha value is -4.05. The van der Waals surface area contributed by atoms with Crippen LogP contribution in [0.4, 0.5) is 5.69 Å². The van der Waals surface area contributed by atoms with Crippen molar-refractivity contribution in [1.82, 2.24) is 10.2 Å². The van der Waals surface area contributed by atoms with Crippen molar-refractivity contribution >= 4 is 58.4 Å². The lowest BCUT2D eigenvalue weighted by molar-refractivity contribution is -0.124. The van der Waals surface area contributed by atoms with Crippen LogP contribution < -0.4 is 10.2 Å². The van der Waals surface area contributed by atoms with E-state index in [2.05, 4.69) is 15.2 Å². The highest BCUT2D eigenvalue weighted by atomic mass is 35.5. The Morgan fingerprint density at radius 1 is 1.03 bits per heavy atom. The molecule has 0 radical (unpaired) electrons. The lowest BCUT2D eigenvalue weighted by Crippen LogP contribution is -2.47. The van der Waals surface area contributed by atoms with Crippen LogP contribution in [0, 0.1) is 0 Å². The molecule has 1 fully saturated rings. The zero-order valence-corrected chi connectivity index (χ0v) is 21.7. The van der Waals surface area contributed by atoms with Gasteiger partial charge in [0.05, 0.1) is 60.8 Å². The zero-order valence-electron chi connectivity index (χ0n) is 20.9. The predicted molar refractivity (Wildman–Crippen MR) is 148 cm³/mol. The largest absolute Gasteiger partial charge is 0.464 e.